The van der Waals surface area contributed by atoms with E-state index in [1.807, 2.05) is 26.0 Å². The fourth-order valence-corrected chi connectivity index (χ4v) is 2.65. The van der Waals surface area contributed by atoms with Crippen LogP contribution in [0.15, 0.2) is 18.2 Å². The molecule has 26 heavy (non-hydrogen) atoms. The van der Waals surface area contributed by atoms with Gasteiger partial charge in [-0.2, -0.15) is 0 Å². The summed E-state index contributed by atoms with van der Waals surface area (Å²) in [6.45, 7) is 3.47. The largest absolute Gasteiger partial charge is 0.337 e. The molecule has 138 valence electrons. The van der Waals surface area contributed by atoms with Gasteiger partial charge in [-0.3, -0.25) is 20.6 Å². The second kappa shape index (κ2) is 8.92. The summed E-state index contributed by atoms with van der Waals surface area (Å²) in [5.41, 5.74) is 6.97. The Balaban J connectivity index is 1.69. The van der Waals surface area contributed by atoms with E-state index in [0.717, 1.165) is 22.5 Å². The molecule has 0 bridgehead atoms. The molecule has 1 heterocycles. The summed E-state index contributed by atoms with van der Waals surface area (Å²) in [4.78, 5) is 35.0. The van der Waals surface area contributed by atoms with Gasteiger partial charge < -0.3 is 10.6 Å². The molecule has 10 nitrogen and oxygen atoms in total. The lowest BCUT2D eigenvalue weighted by atomic mass is 10.1. The Morgan fingerprint density at radius 3 is 2.58 bits per heavy atom. The third-order valence-electron chi connectivity index (χ3n) is 3.01. The number of nitrogens with one attached hydrogen (secondary N) is 6. The number of nitrogens with zero attached hydrogens (tertiary/aromatic N) is 1. The maximum absolute atomic E-state index is 11.8. The van der Waals surface area contributed by atoms with E-state index in [9.17, 15) is 14.4 Å². The van der Waals surface area contributed by atoms with Crippen molar-refractivity contribution in [2.24, 2.45) is 0 Å². The van der Waals surface area contributed by atoms with Gasteiger partial charge in [0.15, 0.2) is 3.95 Å². The highest BCUT2D eigenvalue weighted by molar-refractivity contribution is 7.73. The number of carbonyl (C=O) groups excluding carboxylic acids is 3. The first-order chi connectivity index (χ1) is 12.3. The lowest BCUT2D eigenvalue weighted by Crippen LogP contribution is -2.48. The minimum atomic E-state index is -0.627. The molecule has 0 spiro atoms. The molecular weight excluding hydrogens is 378 g/mol. The van der Waals surface area contributed by atoms with Crippen molar-refractivity contribution in [3.63, 3.8) is 0 Å². The molecule has 0 radical (unpaired) electrons. The highest BCUT2D eigenvalue weighted by atomic mass is 32.1. The maximum Gasteiger partial charge on any atom is 0.337 e. The first kappa shape index (κ1) is 19.3. The summed E-state index contributed by atoms with van der Waals surface area (Å²) in [6.07, 6.45) is 0. The number of aromatic nitrogens is 2. The summed E-state index contributed by atoms with van der Waals surface area (Å²) in [5, 5.41) is 13.9. The van der Waals surface area contributed by atoms with Gasteiger partial charge in [0, 0.05) is 5.69 Å². The number of H-pyrrole nitrogens is 1. The molecule has 2 rings (SSSR count). The van der Waals surface area contributed by atoms with Gasteiger partial charge in [0.1, 0.15) is 6.54 Å². The van der Waals surface area contributed by atoms with Crippen molar-refractivity contribution in [3.05, 3.63) is 33.3 Å². The van der Waals surface area contributed by atoms with Crippen LogP contribution >= 0.6 is 23.6 Å². The summed E-state index contributed by atoms with van der Waals surface area (Å²) in [6, 6.07) is 4.32. The van der Waals surface area contributed by atoms with E-state index in [4.69, 9.17) is 12.2 Å². The van der Waals surface area contributed by atoms with Crippen LogP contribution in [0.4, 0.5) is 20.4 Å². The van der Waals surface area contributed by atoms with E-state index >= 15 is 0 Å². The van der Waals surface area contributed by atoms with Crippen LogP contribution in [0.25, 0.3) is 0 Å². The Bertz CT molecular complexity index is 877. The Hall–Kier alpha value is -2.99. The minimum absolute atomic E-state index is 0.277. The fourth-order valence-electron chi connectivity index (χ4n) is 1.86. The SMILES string of the molecule is Cc1ccc(NC(=O)NNC(=O)CNC(=O)Nc2n[nH]c(=S)s2)c(C)c1. The number of carbonyl (C=O) groups is 3. The van der Waals surface area contributed by atoms with Crippen LogP contribution in [0.3, 0.4) is 0 Å². The van der Waals surface area contributed by atoms with E-state index < -0.39 is 18.0 Å². The van der Waals surface area contributed by atoms with Gasteiger partial charge in [0.25, 0.3) is 5.91 Å². The standard InChI is InChI=1S/C14H17N7O3S2/c1-7-3-4-9(8(2)5-7)16-12(24)19-18-10(22)6-15-11(23)17-13-20-21-14(25)26-13/h3-5H,6H2,1-2H3,(H,18,22)(H,21,25)(H2,16,19,24)(H2,15,17,20,23). The molecule has 0 fully saturated rings. The van der Waals surface area contributed by atoms with Crippen LogP contribution in [0.2, 0.25) is 0 Å². The zero-order valence-corrected chi connectivity index (χ0v) is 15.6. The predicted octanol–water partition coefficient (Wildman–Crippen LogP) is 1.79. The molecule has 2 aromatic rings. The average molecular weight is 395 g/mol. The van der Waals surface area contributed by atoms with E-state index in [2.05, 4.69) is 37.0 Å². The van der Waals surface area contributed by atoms with Crippen LogP contribution in [-0.4, -0.2) is 34.7 Å². The predicted molar refractivity (Wildman–Crippen MR) is 101 cm³/mol. The molecule has 12 heteroatoms. The lowest BCUT2D eigenvalue weighted by molar-refractivity contribution is -0.120. The van der Waals surface area contributed by atoms with Gasteiger partial charge in [-0.25, -0.2) is 15.0 Å². The molecule has 0 aliphatic rings. The number of amides is 5. The summed E-state index contributed by atoms with van der Waals surface area (Å²) in [7, 11) is 0. The number of urea groups is 2. The first-order valence-electron chi connectivity index (χ1n) is 7.37. The summed E-state index contributed by atoms with van der Waals surface area (Å²) in [5.74, 6) is -0.606. The lowest BCUT2D eigenvalue weighted by Gasteiger charge is -2.11. The number of aromatic amines is 1. The number of benzene rings is 1. The normalized spacial score (nSPS) is 9.92. The van der Waals surface area contributed by atoms with Gasteiger partial charge in [-0.05, 0) is 37.7 Å². The quantitative estimate of drug-likeness (QED) is 0.346. The van der Waals surface area contributed by atoms with Crippen molar-refractivity contribution in [1.82, 2.24) is 26.4 Å². The molecule has 0 saturated carbocycles. The Morgan fingerprint density at radius 2 is 1.92 bits per heavy atom. The van der Waals surface area contributed by atoms with E-state index in [-0.39, 0.29) is 11.7 Å². The van der Waals surface area contributed by atoms with Gasteiger partial charge >= 0.3 is 12.1 Å². The van der Waals surface area contributed by atoms with Gasteiger partial charge in [-0.15, -0.1) is 5.10 Å². The fraction of sp³-hybridized carbons (Fsp3) is 0.214. The van der Waals surface area contributed by atoms with Crippen LogP contribution in [-0.2, 0) is 4.79 Å². The third kappa shape index (κ3) is 6.14. The number of hydrogen-bond donors (Lipinski definition) is 6. The summed E-state index contributed by atoms with van der Waals surface area (Å²) >= 11 is 5.91. The van der Waals surface area contributed by atoms with Crippen molar-refractivity contribution in [2.75, 3.05) is 17.2 Å². The van der Waals surface area contributed by atoms with Crippen molar-refractivity contribution in [2.45, 2.75) is 13.8 Å². The average Bonchev–Trinajstić information content (AvgIpc) is 2.98. The Labute approximate surface area is 157 Å². The smallest absolute Gasteiger partial charge is 0.329 e. The van der Waals surface area contributed by atoms with E-state index in [1.54, 1.807) is 6.07 Å². The van der Waals surface area contributed by atoms with Crippen molar-refractivity contribution in [1.29, 1.82) is 0 Å². The summed E-state index contributed by atoms with van der Waals surface area (Å²) < 4.78 is 0.414. The van der Waals surface area contributed by atoms with Crippen LogP contribution < -0.4 is 26.8 Å². The number of rotatable bonds is 4. The van der Waals surface area contributed by atoms with Crippen LogP contribution in [0.5, 0.6) is 0 Å². The van der Waals surface area contributed by atoms with Crippen molar-refractivity contribution < 1.29 is 14.4 Å². The second-order valence-electron chi connectivity index (χ2n) is 5.17. The van der Waals surface area contributed by atoms with Gasteiger partial charge in [0.05, 0.1) is 0 Å². The molecule has 6 N–H and O–H groups in total. The monoisotopic (exact) mass is 395 g/mol. The molecule has 0 saturated heterocycles. The number of hydrogen-bond acceptors (Lipinski definition) is 6. The van der Waals surface area contributed by atoms with Crippen molar-refractivity contribution in [3.8, 4) is 0 Å². The zero-order valence-electron chi connectivity index (χ0n) is 13.9. The molecule has 0 unspecified atom stereocenters. The minimum Gasteiger partial charge on any atom is -0.329 e. The highest BCUT2D eigenvalue weighted by Gasteiger charge is 2.09. The van der Waals surface area contributed by atoms with E-state index in [0.29, 0.717) is 9.64 Å². The topological polar surface area (TPSA) is 140 Å². The Kier molecular flexibility index (Phi) is 6.63. The molecule has 0 atom stereocenters. The zero-order chi connectivity index (χ0) is 19.1. The second-order valence-corrected chi connectivity index (χ2v) is 6.84. The molecule has 1 aromatic carbocycles. The van der Waals surface area contributed by atoms with E-state index in [1.165, 1.54) is 0 Å². The highest BCUT2D eigenvalue weighted by Crippen LogP contribution is 2.15. The molecule has 0 aliphatic carbocycles. The van der Waals surface area contributed by atoms with Crippen molar-refractivity contribution >= 4 is 52.3 Å². The maximum atomic E-state index is 11.8. The first-order valence-corrected chi connectivity index (χ1v) is 8.59. The molecule has 5 amide bonds. The molecule has 0 aliphatic heterocycles. The van der Waals surface area contributed by atoms with Gasteiger partial charge in [0.2, 0.25) is 5.13 Å². The Morgan fingerprint density at radius 1 is 1.15 bits per heavy atom. The number of anilines is 2. The molecular formula is C14H17N7O3S2. The van der Waals surface area contributed by atoms with Gasteiger partial charge in [-0.1, -0.05) is 29.0 Å². The number of hydrazine groups is 1. The molecule has 1 aromatic heterocycles. The van der Waals surface area contributed by atoms with Crippen LogP contribution in [0, 0.1) is 17.8 Å². The van der Waals surface area contributed by atoms with Crippen LogP contribution in [0.1, 0.15) is 11.1 Å². The third-order valence-corrected chi connectivity index (χ3v) is 4.02. The number of aryl methyl sites for hydroxylation is 2.